The molecule has 0 aliphatic rings. The summed E-state index contributed by atoms with van der Waals surface area (Å²) in [5.74, 6) is -3.22. The molecule has 0 bridgehead atoms. The smallest absolute Gasteiger partial charge is 0.324 e. The molecule has 0 spiro atoms. The van der Waals surface area contributed by atoms with Crippen LogP contribution >= 0.6 is 11.8 Å². The van der Waals surface area contributed by atoms with E-state index in [9.17, 15) is 38.4 Å². The second-order valence-corrected chi connectivity index (χ2v) is 16.8. The Bertz CT molecular complexity index is 1360. The minimum atomic E-state index is -1.21. The second-order valence-electron chi connectivity index (χ2n) is 15.6. The highest BCUT2D eigenvalue weighted by atomic mass is 32.2. The van der Waals surface area contributed by atoms with Gasteiger partial charge in [0.1, 0.15) is 24.2 Å². The molecule has 0 aromatic carbocycles. The molecule has 0 fully saturated rings. The summed E-state index contributed by atoms with van der Waals surface area (Å²) in [7, 11) is 7.26. The Hall–Kier alpha value is -3.93. The molecule has 0 saturated heterocycles. The number of amides is 10. The zero-order valence-electron chi connectivity index (χ0n) is 37.2. The summed E-state index contributed by atoms with van der Waals surface area (Å²) in [4.78, 5) is 114. The standard InChI is InChI=1S/C39H73N9O8S/c1-16-19-30(49)46(14)37(57-21-20-48(17-2)18-3)36(54)47(15)31(26(8)9)35(53)43-39(56)45(13)29(23-25(6)7)34(52)41-27(10)32(50)42-38(55)44(12)28(22-24(4)5)33(51)40-11/h24-29,31,37H,16-23H2,1-15H3,(H,40,51)(H,41,52)(H,42,50,55)(H,43,53,56)/t27-,28-,29-,31-,37+/m0/s1. The Morgan fingerprint density at radius 3 is 1.51 bits per heavy atom. The van der Waals surface area contributed by atoms with E-state index in [-0.39, 0.29) is 36.5 Å². The molecule has 0 heterocycles. The fourth-order valence-electron chi connectivity index (χ4n) is 6.11. The van der Waals surface area contributed by atoms with E-state index < -0.39 is 71.2 Å². The third kappa shape index (κ3) is 17.2. The van der Waals surface area contributed by atoms with Crippen molar-refractivity contribution in [2.45, 2.75) is 124 Å². The Morgan fingerprint density at radius 2 is 1.09 bits per heavy atom. The lowest BCUT2D eigenvalue weighted by molar-refractivity contribution is -0.145. The molecule has 18 heteroatoms. The van der Waals surface area contributed by atoms with Crippen LogP contribution in [0.4, 0.5) is 9.59 Å². The first-order valence-corrected chi connectivity index (χ1v) is 21.1. The molecule has 0 saturated carbocycles. The number of hydrogen-bond donors (Lipinski definition) is 4. The van der Waals surface area contributed by atoms with Gasteiger partial charge in [0.05, 0.1) is 0 Å². The van der Waals surface area contributed by atoms with Gasteiger partial charge in [-0.05, 0) is 57.0 Å². The van der Waals surface area contributed by atoms with Crippen molar-refractivity contribution in [2.75, 3.05) is 60.6 Å². The summed E-state index contributed by atoms with van der Waals surface area (Å²) >= 11 is 1.32. The molecule has 0 unspecified atom stereocenters. The fraction of sp³-hybridized carbons (Fsp3) is 0.795. The van der Waals surface area contributed by atoms with E-state index in [4.69, 9.17) is 0 Å². The van der Waals surface area contributed by atoms with E-state index in [1.165, 1.54) is 56.7 Å². The number of imide groups is 2. The van der Waals surface area contributed by atoms with E-state index in [0.29, 0.717) is 25.1 Å². The maximum atomic E-state index is 14.1. The maximum Gasteiger partial charge on any atom is 0.324 e. The van der Waals surface area contributed by atoms with Gasteiger partial charge in [-0.3, -0.25) is 39.4 Å². The molecule has 0 aliphatic heterocycles. The van der Waals surface area contributed by atoms with Crippen molar-refractivity contribution < 1.29 is 38.4 Å². The minimum absolute atomic E-state index is 0.0804. The van der Waals surface area contributed by atoms with Crippen LogP contribution in [0.25, 0.3) is 0 Å². The third-order valence-corrected chi connectivity index (χ3v) is 10.9. The Labute approximate surface area is 345 Å². The van der Waals surface area contributed by atoms with Gasteiger partial charge in [0.15, 0.2) is 5.37 Å². The quantitative estimate of drug-likeness (QED) is 0.111. The van der Waals surface area contributed by atoms with Crippen molar-refractivity contribution in [3.63, 3.8) is 0 Å². The van der Waals surface area contributed by atoms with E-state index in [2.05, 4.69) is 26.2 Å². The summed E-state index contributed by atoms with van der Waals surface area (Å²) < 4.78 is 0. The van der Waals surface area contributed by atoms with Gasteiger partial charge in [0.2, 0.25) is 23.6 Å². The molecule has 328 valence electrons. The predicted molar refractivity (Wildman–Crippen MR) is 224 cm³/mol. The van der Waals surface area contributed by atoms with Gasteiger partial charge < -0.3 is 35.1 Å². The number of likely N-dealkylation sites (N-methyl/N-ethyl adjacent to an activating group) is 5. The lowest BCUT2D eigenvalue weighted by atomic mass is 10.0. The number of carbonyl (C=O) groups is 8. The fourth-order valence-corrected chi connectivity index (χ4v) is 7.35. The van der Waals surface area contributed by atoms with Crippen LogP contribution in [-0.2, 0) is 28.8 Å². The first-order chi connectivity index (χ1) is 26.5. The van der Waals surface area contributed by atoms with Crippen LogP contribution < -0.4 is 21.3 Å². The summed E-state index contributed by atoms with van der Waals surface area (Å²) in [5.41, 5.74) is 0. The van der Waals surface area contributed by atoms with Crippen LogP contribution in [0.1, 0.15) is 94.9 Å². The number of urea groups is 2. The Balaban J connectivity index is 6.08. The second kappa shape index (κ2) is 26.1. The third-order valence-electron chi connectivity index (χ3n) is 9.69. The Kier molecular flexibility index (Phi) is 24.3. The molecule has 10 amide bonds. The summed E-state index contributed by atoms with van der Waals surface area (Å²) in [6.45, 7) is 20.7. The van der Waals surface area contributed by atoms with Gasteiger partial charge in [-0.15, -0.1) is 11.8 Å². The van der Waals surface area contributed by atoms with Crippen LogP contribution in [0.3, 0.4) is 0 Å². The minimum Gasteiger partial charge on any atom is -0.357 e. The largest absolute Gasteiger partial charge is 0.357 e. The number of hydrogen-bond acceptors (Lipinski definition) is 10. The van der Waals surface area contributed by atoms with Crippen molar-refractivity contribution in [2.24, 2.45) is 17.8 Å². The predicted octanol–water partition coefficient (Wildman–Crippen LogP) is 2.55. The highest BCUT2D eigenvalue weighted by Crippen LogP contribution is 2.22. The van der Waals surface area contributed by atoms with Crippen LogP contribution in [0.5, 0.6) is 0 Å². The van der Waals surface area contributed by atoms with Crippen LogP contribution in [0, 0.1) is 17.8 Å². The average molecular weight is 828 g/mol. The topological polar surface area (TPSA) is 201 Å². The van der Waals surface area contributed by atoms with Crippen molar-refractivity contribution in [1.82, 2.24) is 45.8 Å². The highest BCUT2D eigenvalue weighted by Gasteiger charge is 2.38. The molecule has 0 rings (SSSR count). The average Bonchev–Trinajstić information content (AvgIpc) is 3.14. The number of nitrogens with zero attached hydrogens (tertiary/aromatic N) is 5. The van der Waals surface area contributed by atoms with Crippen LogP contribution in [0.2, 0.25) is 0 Å². The van der Waals surface area contributed by atoms with E-state index in [0.717, 1.165) is 22.9 Å². The molecule has 57 heavy (non-hydrogen) atoms. The number of nitrogens with one attached hydrogen (secondary N) is 4. The van der Waals surface area contributed by atoms with E-state index in [1.807, 2.05) is 48.5 Å². The molecule has 0 aliphatic carbocycles. The van der Waals surface area contributed by atoms with Gasteiger partial charge >= 0.3 is 12.1 Å². The lowest BCUT2D eigenvalue weighted by Crippen LogP contribution is -2.60. The monoisotopic (exact) mass is 828 g/mol. The van der Waals surface area contributed by atoms with E-state index >= 15 is 0 Å². The van der Waals surface area contributed by atoms with Gasteiger partial charge in [0.25, 0.3) is 11.8 Å². The summed E-state index contributed by atoms with van der Waals surface area (Å²) in [5, 5.41) is 8.77. The molecule has 17 nitrogen and oxygen atoms in total. The zero-order valence-corrected chi connectivity index (χ0v) is 38.0. The van der Waals surface area contributed by atoms with Gasteiger partial charge in [-0.1, -0.05) is 62.3 Å². The van der Waals surface area contributed by atoms with E-state index in [1.54, 1.807) is 20.9 Å². The molecule has 0 aromatic heterocycles. The summed E-state index contributed by atoms with van der Waals surface area (Å²) in [6.07, 6.45) is 1.39. The SMILES string of the molecule is CCCC(=O)N(C)[C@H](SCCN(CC)CC)C(=O)N(C)[C@H](C(=O)NC(=O)N(C)[C@@H](CC(C)C)C(=O)N[C@@H](C)C(=O)NC(=O)N(C)[C@@H](CC(C)C)C(=O)NC)C(C)C. The molecule has 0 radical (unpaired) electrons. The molecular weight excluding hydrogens is 755 g/mol. The molecule has 4 N–H and O–H groups in total. The molecule has 0 aromatic rings. The van der Waals surface area contributed by atoms with Crippen molar-refractivity contribution in [1.29, 1.82) is 0 Å². The number of thioether (sulfide) groups is 1. The highest BCUT2D eigenvalue weighted by molar-refractivity contribution is 8.00. The van der Waals surface area contributed by atoms with Gasteiger partial charge in [-0.2, -0.15) is 0 Å². The normalized spacial score (nSPS) is 13.9. The van der Waals surface area contributed by atoms with Crippen molar-refractivity contribution >= 4 is 59.3 Å². The first-order valence-electron chi connectivity index (χ1n) is 20.0. The molecular formula is C39H73N9O8S. The maximum absolute atomic E-state index is 14.1. The van der Waals surface area contributed by atoms with Crippen LogP contribution in [0.15, 0.2) is 0 Å². The van der Waals surface area contributed by atoms with Crippen molar-refractivity contribution in [3.05, 3.63) is 0 Å². The first kappa shape index (κ1) is 53.1. The Morgan fingerprint density at radius 1 is 0.614 bits per heavy atom. The zero-order chi connectivity index (χ0) is 44.3. The van der Waals surface area contributed by atoms with Crippen molar-refractivity contribution in [3.8, 4) is 0 Å². The van der Waals surface area contributed by atoms with Gasteiger partial charge in [0, 0.05) is 54.0 Å². The number of rotatable bonds is 23. The summed E-state index contributed by atoms with van der Waals surface area (Å²) in [6, 6.07) is -5.99. The lowest BCUT2D eigenvalue weighted by Gasteiger charge is -2.36. The number of carbonyl (C=O) groups excluding carboxylic acids is 8. The van der Waals surface area contributed by atoms with Crippen LogP contribution in [-0.4, -0.2) is 162 Å². The van der Waals surface area contributed by atoms with Gasteiger partial charge in [-0.25, -0.2) is 9.59 Å². The molecule has 5 atom stereocenters.